The molecular weight excluding hydrogens is 528 g/mol. The van der Waals surface area contributed by atoms with E-state index in [9.17, 15) is 21.6 Å². The topological polar surface area (TPSA) is 133 Å². The van der Waals surface area contributed by atoms with E-state index >= 15 is 0 Å². The first kappa shape index (κ1) is 26.7. The van der Waals surface area contributed by atoms with E-state index in [1.807, 2.05) is 0 Å². The van der Waals surface area contributed by atoms with Crippen molar-refractivity contribution in [3.8, 4) is 11.5 Å². The van der Waals surface area contributed by atoms with E-state index in [1.165, 1.54) is 48.5 Å². The third-order valence-corrected chi connectivity index (χ3v) is 7.81. The third kappa shape index (κ3) is 6.13. The van der Waals surface area contributed by atoms with Crippen LogP contribution >= 0.6 is 0 Å². The summed E-state index contributed by atoms with van der Waals surface area (Å²) >= 11 is 0. The fraction of sp³-hybridized carbons (Fsp3) is 0.0741. The van der Waals surface area contributed by atoms with Crippen molar-refractivity contribution in [2.24, 2.45) is 5.73 Å². The minimum Gasteiger partial charge on any atom is -0.379 e. The normalized spacial score (nSPS) is 11.5. The summed E-state index contributed by atoms with van der Waals surface area (Å²) in [6, 6.07) is 23.3. The maximum Gasteiger partial charge on any atom is 0.339 e. The second kappa shape index (κ2) is 10.6. The number of nitrogens with two attached hydrogens (primary N) is 1. The first-order valence-electron chi connectivity index (χ1n) is 11.3. The Morgan fingerprint density at radius 2 is 1.00 bits per heavy atom. The van der Waals surface area contributed by atoms with Crippen molar-refractivity contribution < 1.29 is 30.0 Å². The van der Waals surface area contributed by atoms with E-state index in [4.69, 9.17) is 14.1 Å². The molecule has 0 aliphatic rings. The molecule has 0 atom stereocenters. The van der Waals surface area contributed by atoms with Gasteiger partial charge in [-0.3, -0.25) is 4.90 Å². The molecule has 0 fully saturated rings. The number of aryl methyl sites for hydroxylation is 2. The highest BCUT2D eigenvalue weighted by molar-refractivity contribution is 7.87. The number of benzene rings is 4. The molecule has 0 unspecified atom stereocenters. The lowest BCUT2D eigenvalue weighted by atomic mass is 10.1. The van der Waals surface area contributed by atoms with Gasteiger partial charge in [0.05, 0.1) is 11.4 Å². The number of carbonyl (C=O) groups is 1. The van der Waals surface area contributed by atoms with Gasteiger partial charge in [0.1, 0.15) is 21.3 Å². The monoisotopic (exact) mass is 552 g/mol. The Morgan fingerprint density at radius 1 is 0.632 bits per heavy atom. The standard InChI is InChI=1S/C27H24N2O7S2/c1-19-13-21(17-23(15-19)35-37(31,32)25-9-5-3-6-10-25)29(27(28)30)22-14-20(2)16-24(18-22)36-38(33,34)26-11-7-4-8-12-26/h3-18H,1-2H3,(H2,28,30). The maximum atomic E-state index is 12.7. The van der Waals surface area contributed by atoms with Crippen LogP contribution in [0.2, 0.25) is 0 Å². The first-order chi connectivity index (χ1) is 17.9. The summed E-state index contributed by atoms with van der Waals surface area (Å²) in [6.07, 6.45) is 0. The van der Waals surface area contributed by atoms with E-state index in [2.05, 4.69) is 0 Å². The first-order valence-corrected chi connectivity index (χ1v) is 14.1. The Labute approximate surface area is 221 Å². The predicted octanol–water partition coefficient (Wildman–Crippen LogP) is 5.06. The Hall–Kier alpha value is -4.35. The molecule has 0 saturated heterocycles. The molecule has 0 bridgehead atoms. The minimum absolute atomic E-state index is 0.0325. The lowest BCUT2D eigenvalue weighted by Crippen LogP contribution is -2.31. The highest BCUT2D eigenvalue weighted by Crippen LogP contribution is 2.34. The van der Waals surface area contributed by atoms with Crippen LogP contribution in [0.3, 0.4) is 0 Å². The molecular formula is C27H24N2O7S2. The van der Waals surface area contributed by atoms with Gasteiger partial charge in [-0.1, -0.05) is 36.4 Å². The molecule has 0 radical (unpaired) electrons. The average molecular weight is 553 g/mol. The molecule has 4 rings (SSSR count). The van der Waals surface area contributed by atoms with Crippen LogP contribution < -0.4 is 19.0 Å². The molecule has 0 aromatic heterocycles. The molecule has 4 aromatic rings. The lowest BCUT2D eigenvalue weighted by Gasteiger charge is -2.23. The van der Waals surface area contributed by atoms with Gasteiger partial charge in [-0.05, 0) is 73.5 Å². The molecule has 4 aromatic carbocycles. The van der Waals surface area contributed by atoms with Crippen molar-refractivity contribution in [1.29, 1.82) is 0 Å². The molecule has 0 aliphatic heterocycles. The van der Waals surface area contributed by atoms with Crippen molar-refractivity contribution in [2.45, 2.75) is 23.6 Å². The molecule has 0 heterocycles. The van der Waals surface area contributed by atoms with Gasteiger partial charge in [0.25, 0.3) is 0 Å². The average Bonchev–Trinajstić information content (AvgIpc) is 2.84. The van der Waals surface area contributed by atoms with E-state index in [0.29, 0.717) is 11.1 Å². The van der Waals surface area contributed by atoms with Crippen LogP contribution in [0.5, 0.6) is 11.5 Å². The number of amides is 2. The number of hydrogen-bond donors (Lipinski definition) is 1. The highest BCUT2D eigenvalue weighted by atomic mass is 32.2. The van der Waals surface area contributed by atoms with Crippen molar-refractivity contribution in [3.05, 3.63) is 108 Å². The molecule has 9 nitrogen and oxygen atoms in total. The Balaban J connectivity index is 1.71. The predicted molar refractivity (Wildman–Crippen MR) is 143 cm³/mol. The number of hydrogen-bond acceptors (Lipinski definition) is 7. The zero-order chi connectivity index (χ0) is 27.5. The summed E-state index contributed by atoms with van der Waals surface area (Å²) in [5.74, 6) is -0.0724. The number of primary amides is 1. The zero-order valence-electron chi connectivity index (χ0n) is 20.4. The maximum absolute atomic E-state index is 12.7. The van der Waals surface area contributed by atoms with Gasteiger partial charge in [0.15, 0.2) is 0 Å². The Bertz CT molecular complexity index is 1570. The van der Waals surface area contributed by atoms with Crippen LogP contribution in [0.1, 0.15) is 11.1 Å². The van der Waals surface area contributed by atoms with Crippen LogP contribution in [-0.4, -0.2) is 22.9 Å². The van der Waals surface area contributed by atoms with Gasteiger partial charge < -0.3 is 14.1 Å². The molecule has 196 valence electrons. The zero-order valence-corrected chi connectivity index (χ0v) is 22.1. The number of urea groups is 1. The van der Waals surface area contributed by atoms with Crippen molar-refractivity contribution >= 4 is 37.6 Å². The van der Waals surface area contributed by atoms with Crippen LogP contribution in [-0.2, 0) is 20.2 Å². The summed E-state index contributed by atoms with van der Waals surface area (Å²) in [7, 11) is -8.28. The minimum atomic E-state index is -4.14. The largest absolute Gasteiger partial charge is 0.379 e. The van der Waals surface area contributed by atoms with Crippen LogP contribution in [0.25, 0.3) is 0 Å². The molecule has 0 aliphatic carbocycles. The number of nitrogens with zero attached hydrogens (tertiary/aromatic N) is 1. The quantitative estimate of drug-likeness (QED) is 0.302. The fourth-order valence-electron chi connectivity index (χ4n) is 3.74. The van der Waals surface area contributed by atoms with Gasteiger partial charge in [0, 0.05) is 12.1 Å². The summed E-state index contributed by atoms with van der Waals surface area (Å²) in [5.41, 5.74) is 7.29. The molecule has 0 spiro atoms. The molecule has 2 N–H and O–H groups in total. The fourth-order valence-corrected chi connectivity index (χ4v) is 5.61. The van der Waals surface area contributed by atoms with E-state index in [0.717, 1.165) is 4.90 Å². The molecule has 0 saturated carbocycles. The van der Waals surface area contributed by atoms with E-state index < -0.39 is 26.3 Å². The van der Waals surface area contributed by atoms with Crippen molar-refractivity contribution in [3.63, 3.8) is 0 Å². The third-order valence-electron chi connectivity index (χ3n) is 5.28. The van der Waals surface area contributed by atoms with Gasteiger partial charge in [-0.2, -0.15) is 16.8 Å². The molecule has 38 heavy (non-hydrogen) atoms. The lowest BCUT2D eigenvalue weighted by molar-refractivity contribution is 0.256. The molecule has 11 heteroatoms. The second-order valence-corrected chi connectivity index (χ2v) is 11.5. The van der Waals surface area contributed by atoms with Crippen molar-refractivity contribution in [2.75, 3.05) is 4.90 Å². The van der Waals surface area contributed by atoms with E-state index in [1.54, 1.807) is 62.4 Å². The van der Waals surface area contributed by atoms with E-state index in [-0.39, 0.29) is 32.7 Å². The second-order valence-electron chi connectivity index (χ2n) is 8.38. The summed E-state index contributed by atoms with van der Waals surface area (Å²) in [5, 5.41) is 0. The van der Waals surface area contributed by atoms with Gasteiger partial charge in [-0.25, -0.2) is 4.79 Å². The number of carbonyl (C=O) groups excluding carboxylic acids is 1. The molecule has 2 amide bonds. The van der Waals surface area contributed by atoms with Crippen LogP contribution in [0.15, 0.2) is 107 Å². The van der Waals surface area contributed by atoms with Gasteiger partial charge in [-0.15, -0.1) is 0 Å². The van der Waals surface area contributed by atoms with Gasteiger partial charge >= 0.3 is 26.3 Å². The smallest absolute Gasteiger partial charge is 0.339 e. The van der Waals surface area contributed by atoms with Crippen molar-refractivity contribution in [1.82, 2.24) is 0 Å². The highest BCUT2D eigenvalue weighted by Gasteiger charge is 2.22. The summed E-state index contributed by atoms with van der Waals surface area (Å²) in [4.78, 5) is 13.6. The van der Waals surface area contributed by atoms with Gasteiger partial charge in [0.2, 0.25) is 0 Å². The number of rotatable bonds is 8. The summed E-state index contributed by atoms with van der Waals surface area (Å²) < 4.78 is 61.6. The summed E-state index contributed by atoms with van der Waals surface area (Å²) in [6.45, 7) is 3.39. The Kier molecular flexibility index (Phi) is 7.42. The van der Waals surface area contributed by atoms with Crippen LogP contribution in [0.4, 0.5) is 16.2 Å². The SMILES string of the molecule is Cc1cc(OS(=O)(=O)c2ccccc2)cc(N(C(N)=O)c2cc(C)cc(OS(=O)(=O)c3ccccc3)c2)c1. The Morgan fingerprint density at radius 3 is 1.34 bits per heavy atom. The van der Waals surface area contributed by atoms with Crippen LogP contribution in [0, 0.1) is 13.8 Å². The number of anilines is 2.